The monoisotopic (exact) mass is 213 g/mol. The van der Waals surface area contributed by atoms with Crippen LogP contribution in [0.2, 0.25) is 5.15 Å². The number of halogens is 4. The van der Waals surface area contributed by atoms with Crippen molar-refractivity contribution in [2.45, 2.75) is 6.18 Å². The SMILES string of the molecule is O=C(Nc1cc(Cl)[nH]n1)C(F)(F)F. The fourth-order valence-corrected chi connectivity index (χ4v) is 0.695. The first-order valence-electron chi connectivity index (χ1n) is 2.98. The van der Waals surface area contributed by atoms with Gasteiger partial charge < -0.3 is 5.32 Å². The second-order valence-corrected chi connectivity index (χ2v) is 2.46. The molecule has 0 unspecified atom stereocenters. The molecule has 0 aliphatic rings. The standard InChI is InChI=1S/C5H3ClF3N3O/c6-2-1-3(12-11-2)10-4(13)5(7,8)9/h1H,(H2,10,11,12,13). The van der Waals surface area contributed by atoms with Crippen LogP contribution in [0.4, 0.5) is 19.0 Å². The highest BCUT2D eigenvalue weighted by molar-refractivity contribution is 6.29. The van der Waals surface area contributed by atoms with Crippen molar-refractivity contribution in [1.82, 2.24) is 10.2 Å². The van der Waals surface area contributed by atoms with E-state index < -0.39 is 12.1 Å². The number of rotatable bonds is 1. The summed E-state index contributed by atoms with van der Waals surface area (Å²) in [6.07, 6.45) is -4.93. The molecule has 0 fully saturated rings. The molecule has 0 aromatic carbocycles. The van der Waals surface area contributed by atoms with Crippen LogP contribution < -0.4 is 5.32 Å². The lowest BCUT2D eigenvalue weighted by Gasteiger charge is -2.03. The summed E-state index contributed by atoms with van der Waals surface area (Å²) < 4.78 is 35.0. The van der Waals surface area contributed by atoms with Crippen LogP contribution in [0, 0.1) is 0 Å². The lowest BCUT2D eigenvalue weighted by Crippen LogP contribution is -2.30. The lowest BCUT2D eigenvalue weighted by molar-refractivity contribution is -0.167. The van der Waals surface area contributed by atoms with E-state index in [-0.39, 0.29) is 11.0 Å². The van der Waals surface area contributed by atoms with Gasteiger partial charge in [0.25, 0.3) is 0 Å². The first kappa shape index (κ1) is 9.85. The summed E-state index contributed by atoms with van der Waals surface area (Å²) in [5, 5.41) is 6.99. The Bertz CT molecular complexity index is 321. The smallest absolute Gasteiger partial charge is 0.301 e. The Labute approximate surface area is 75.1 Å². The van der Waals surface area contributed by atoms with Crippen LogP contribution >= 0.6 is 11.6 Å². The summed E-state index contributed by atoms with van der Waals surface area (Å²) in [6, 6.07) is 1.06. The van der Waals surface area contributed by atoms with Crippen LogP contribution in [-0.4, -0.2) is 22.3 Å². The van der Waals surface area contributed by atoms with Gasteiger partial charge >= 0.3 is 12.1 Å². The zero-order chi connectivity index (χ0) is 10.1. The minimum absolute atomic E-state index is 0.0393. The lowest BCUT2D eigenvalue weighted by atomic mass is 10.5. The molecule has 0 radical (unpaired) electrons. The summed E-state index contributed by atoms with van der Waals surface area (Å²) in [5.41, 5.74) is 0. The highest BCUT2D eigenvalue weighted by Gasteiger charge is 2.39. The quantitative estimate of drug-likeness (QED) is 0.744. The fraction of sp³-hybridized carbons (Fsp3) is 0.200. The molecule has 0 spiro atoms. The molecule has 13 heavy (non-hydrogen) atoms. The molecule has 2 N–H and O–H groups in total. The van der Waals surface area contributed by atoms with Crippen molar-refractivity contribution in [3.63, 3.8) is 0 Å². The third kappa shape index (κ3) is 2.62. The number of aromatic nitrogens is 2. The molecule has 0 bridgehead atoms. The van der Waals surface area contributed by atoms with E-state index >= 15 is 0 Å². The number of carbonyl (C=O) groups excluding carboxylic acids is 1. The molecular formula is C5H3ClF3N3O. The number of anilines is 1. The van der Waals surface area contributed by atoms with Crippen LogP contribution in [-0.2, 0) is 4.79 Å². The van der Waals surface area contributed by atoms with Gasteiger partial charge in [-0.1, -0.05) is 11.6 Å². The number of alkyl halides is 3. The number of amides is 1. The van der Waals surface area contributed by atoms with Crippen molar-refractivity contribution in [2.24, 2.45) is 0 Å². The van der Waals surface area contributed by atoms with Crippen LogP contribution in [0.1, 0.15) is 0 Å². The maximum Gasteiger partial charge on any atom is 0.471 e. The molecule has 0 atom stereocenters. The van der Waals surface area contributed by atoms with Gasteiger partial charge in [0, 0.05) is 6.07 Å². The molecule has 0 aliphatic carbocycles. The van der Waals surface area contributed by atoms with E-state index in [1.54, 1.807) is 0 Å². The molecule has 8 heteroatoms. The topological polar surface area (TPSA) is 57.8 Å². The number of hydrogen-bond acceptors (Lipinski definition) is 2. The average molecular weight is 214 g/mol. The van der Waals surface area contributed by atoms with E-state index in [0.29, 0.717) is 0 Å². The Kier molecular flexibility index (Phi) is 2.46. The predicted molar refractivity (Wildman–Crippen MR) is 38.3 cm³/mol. The van der Waals surface area contributed by atoms with Gasteiger partial charge in [0.15, 0.2) is 5.82 Å². The first-order chi connectivity index (χ1) is 5.89. The highest BCUT2D eigenvalue weighted by Crippen LogP contribution is 2.18. The molecular weight excluding hydrogens is 211 g/mol. The third-order valence-corrected chi connectivity index (χ3v) is 1.24. The fourth-order valence-electron chi connectivity index (χ4n) is 0.549. The number of carbonyl (C=O) groups is 1. The summed E-state index contributed by atoms with van der Waals surface area (Å²) in [6.45, 7) is 0. The van der Waals surface area contributed by atoms with E-state index in [1.165, 1.54) is 5.32 Å². The molecule has 1 rings (SSSR count). The van der Waals surface area contributed by atoms with Gasteiger partial charge in [0.05, 0.1) is 0 Å². The molecule has 1 aromatic heterocycles. The third-order valence-electron chi connectivity index (χ3n) is 1.05. The van der Waals surface area contributed by atoms with E-state index in [1.807, 2.05) is 0 Å². The Hall–Kier alpha value is -1.24. The van der Waals surface area contributed by atoms with Gasteiger partial charge in [0.1, 0.15) is 5.15 Å². The number of nitrogens with zero attached hydrogens (tertiary/aromatic N) is 1. The van der Waals surface area contributed by atoms with Crippen molar-refractivity contribution < 1.29 is 18.0 Å². The Balaban J connectivity index is 2.65. The predicted octanol–water partition coefficient (Wildman–Crippen LogP) is 1.56. The molecule has 1 aromatic rings. The number of hydrogen-bond donors (Lipinski definition) is 2. The molecule has 0 saturated heterocycles. The van der Waals surface area contributed by atoms with Crippen molar-refractivity contribution in [3.8, 4) is 0 Å². The van der Waals surface area contributed by atoms with Gasteiger partial charge in [-0.15, -0.1) is 0 Å². The molecule has 0 aliphatic heterocycles. The van der Waals surface area contributed by atoms with Crippen LogP contribution in [0.25, 0.3) is 0 Å². The van der Waals surface area contributed by atoms with Crippen molar-refractivity contribution in [1.29, 1.82) is 0 Å². The Morgan fingerprint density at radius 1 is 1.62 bits per heavy atom. The van der Waals surface area contributed by atoms with Gasteiger partial charge in [0.2, 0.25) is 0 Å². The van der Waals surface area contributed by atoms with E-state index in [0.717, 1.165) is 6.07 Å². The summed E-state index contributed by atoms with van der Waals surface area (Å²) >= 11 is 5.31. The normalized spacial score (nSPS) is 11.4. The maximum absolute atomic E-state index is 11.7. The Morgan fingerprint density at radius 3 is 2.62 bits per heavy atom. The molecule has 72 valence electrons. The minimum Gasteiger partial charge on any atom is -0.301 e. The average Bonchev–Trinajstić information content (AvgIpc) is 2.33. The van der Waals surface area contributed by atoms with Crippen molar-refractivity contribution >= 4 is 23.3 Å². The van der Waals surface area contributed by atoms with Gasteiger partial charge in [-0.05, 0) is 0 Å². The van der Waals surface area contributed by atoms with Crippen molar-refractivity contribution in [2.75, 3.05) is 5.32 Å². The molecule has 1 amide bonds. The molecule has 0 saturated carbocycles. The van der Waals surface area contributed by atoms with Gasteiger partial charge in [-0.3, -0.25) is 9.89 Å². The van der Waals surface area contributed by atoms with Crippen molar-refractivity contribution in [3.05, 3.63) is 11.2 Å². The highest BCUT2D eigenvalue weighted by atomic mass is 35.5. The van der Waals surface area contributed by atoms with E-state index in [2.05, 4.69) is 10.2 Å². The number of H-pyrrole nitrogens is 1. The maximum atomic E-state index is 11.7. The Morgan fingerprint density at radius 2 is 2.23 bits per heavy atom. The second-order valence-electron chi connectivity index (χ2n) is 2.05. The minimum atomic E-state index is -4.93. The number of nitrogens with one attached hydrogen (secondary N) is 2. The van der Waals surface area contributed by atoms with Gasteiger partial charge in [-0.2, -0.15) is 18.3 Å². The largest absolute Gasteiger partial charge is 0.471 e. The first-order valence-corrected chi connectivity index (χ1v) is 3.36. The van der Waals surface area contributed by atoms with E-state index in [9.17, 15) is 18.0 Å². The van der Waals surface area contributed by atoms with Crippen LogP contribution in [0.5, 0.6) is 0 Å². The zero-order valence-corrected chi connectivity index (χ0v) is 6.70. The summed E-state index contributed by atoms with van der Waals surface area (Å²) in [5.74, 6) is -2.36. The van der Waals surface area contributed by atoms with E-state index in [4.69, 9.17) is 11.6 Å². The second kappa shape index (κ2) is 3.25. The summed E-state index contributed by atoms with van der Waals surface area (Å²) in [7, 11) is 0. The zero-order valence-electron chi connectivity index (χ0n) is 5.94. The molecule has 4 nitrogen and oxygen atoms in total. The van der Waals surface area contributed by atoms with Crippen LogP contribution in [0.3, 0.4) is 0 Å². The van der Waals surface area contributed by atoms with Gasteiger partial charge in [-0.25, -0.2) is 0 Å². The van der Waals surface area contributed by atoms with Crippen LogP contribution in [0.15, 0.2) is 6.07 Å². The summed E-state index contributed by atoms with van der Waals surface area (Å²) in [4.78, 5) is 10.3. The number of aromatic amines is 1. The molecule has 1 heterocycles.